The second kappa shape index (κ2) is 8.94. The minimum absolute atomic E-state index is 0.0375. The number of ether oxygens (including phenoxy) is 2. The van der Waals surface area contributed by atoms with Crippen molar-refractivity contribution >= 4 is 29.2 Å². The topological polar surface area (TPSA) is 84.9 Å². The van der Waals surface area contributed by atoms with E-state index in [2.05, 4.69) is 5.32 Å². The van der Waals surface area contributed by atoms with E-state index < -0.39 is 11.9 Å². The van der Waals surface area contributed by atoms with Crippen LogP contribution in [0.5, 0.6) is 0 Å². The van der Waals surface area contributed by atoms with Gasteiger partial charge in [-0.05, 0) is 61.7 Å². The first-order valence-electron chi connectivity index (χ1n) is 9.49. The summed E-state index contributed by atoms with van der Waals surface area (Å²) in [6.45, 7) is 2.04. The van der Waals surface area contributed by atoms with Crippen molar-refractivity contribution < 1.29 is 28.2 Å². The Hall–Kier alpha value is -3.42. The number of benzene rings is 2. The van der Waals surface area contributed by atoms with Gasteiger partial charge in [0.1, 0.15) is 5.82 Å². The van der Waals surface area contributed by atoms with Crippen LogP contribution < -0.4 is 10.2 Å². The third-order valence-electron chi connectivity index (χ3n) is 5.09. The molecule has 1 N–H and O–H groups in total. The molecule has 0 saturated carbocycles. The van der Waals surface area contributed by atoms with Gasteiger partial charge in [0.25, 0.3) is 0 Å². The first-order valence-corrected chi connectivity index (χ1v) is 9.49. The van der Waals surface area contributed by atoms with Gasteiger partial charge in [-0.1, -0.05) is 0 Å². The number of halogens is 1. The molecule has 158 valence electrons. The number of hydrogen-bond acceptors (Lipinski definition) is 6. The zero-order chi connectivity index (χ0) is 21.8. The van der Waals surface area contributed by atoms with Crippen LogP contribution >= 0.6 is 0 Å². The molecule has 0 spiro atoms. The van der Waals surface area contributed by atoms with Gasteiger partial charge in [0.2, 0.25) is 5.91 Å². The van der Waals surface area contributed by atoms with Crippen LogP contribution in [0.2, 0.25) is 0 Å². The standard InChI is InChI=1S/C22H23FN2O5/c1-13-4-5-14-9-17(23)6-7-19(14)25(13)12-20(26)24-18-10-15(21(27)29-2)8-16(11-18)22(28)30-3/h6-11,13H,4-5,12H2,1-3H3,(H,24,26). The molecule has 1 unspecified atom stereocenters. The van der Waals surface area contributed by atoms with E-state index >= 15 is 0 Å². The third kappa shape index (κ3) is 4.59. The van der Waals surface area contributed by atoms with E-state index in [1.54, 1.807) is 6.07 Å². The average molecular weight is 414 g/mol. The van der Waals surface area contributed by atoms with Crippen molar-refractivity contribution in [2.24, 2.45) is 0 Å². The number of rotatable bonds is 5. The van der Waals surface area contributed by atoms with Gasteiger partial charge in [-0.3, -0.25) is 4.79 Å². The number of carbonyl (C=O) groups is 3. The van der Waals surface area contributed by atoms with Crippen molar-refractivity contribution in [1.82, 2.24) is 0 Å². The number of esters is 2. The summed E-state index contributed by atoms with van der Waals surface area (Å²) in [5.41, 5.74) is 2.18. The summed E-state index contributed by atoms with van der Waals surface area (Å²) in [4.78, 5) is 38.5. The Bertz CT molecular complexity index is 957. The van der Waals surface area contributed by atoms with Crippen LogP contribution in [-0.2, 0) is 20.7 Å². The summed E-state index contributed by atoms with van der Waals surface area (Å²) in [5, 5.41) is 2.72. The number of anilines is 2. The molecule has 1 aliphatic rings. The predicted molar refractivity (Wildman–Crippen MR) is 109 cm³/mol. The second-order valence-corrected chi connectivity index (χ2v) is 7.12. The molecular weight excluding hydrogens is 391 g/mol. The number of nitrogens with zero attached hydrogens (tertiary/aromatic N) is 1. The van der Waals surface area contributed by atoms with Gasteiger partial charge in [0.15, 0.2) is 0 Å². The maximum Gasteiger partial charge on any atom is 0.337 e. The van der Waals surface area contributed by atoms with Crippen LogP contribution in [0.15, 0.2) is 36.4 Å². The molecule has 30 heavy (non-hydrogen) atoms. The second-order valence-electron chi connectivity index (χ2n) is 7.12. The van der Waals surface area contributed by atoms with Gasteiger partial charge in [0, 0.05) is 17.4 Å². The van der Waals surface area contributed by atoms with Crippen molar-refractivity contribution in [3.05, 3.63) is 58.9 Å². The summed E-state index contributed by atoms with van der Waals surface area (Å²) >= 11 is 0. The average Bonchev–Trinajstić information content (AvgIpc) is 2.74. The van der Waals surface area contributed by atoms with E-state index in [4.69, 9.17) is 9.47 Å². The summed E-state index contributed by atoms with van der Waals surface area (Å²) < 4.78 is 23.0. The van der Waals surface area contributed by atoms with Gasteiger partial charge in [-0.15, -0.1) is 0 Å². The molecule has 7 nitrogen and oxygen atoms in total. The molecule has 8 heteroatoms. The zero-order valence-corrected chi connectivity index (χ0v) is 17.0. The predicted octanol–water partition coefficient (Wildman–Crippen LogP) is 3.18. The van der Waals surface area contributed by atoms with Crippen molar-refractivity contribution in [2.45, 2.75) is 25.8 Å². The minimum atomic E-state index is -0.642. The number of aryl methyl sites for hydroxylation is 1. The highest BCUT2D eigenvalue weighted by molar-refractivity contribution is 6.00. The summed E-state index contributed by atoms with van der Waals surface area (Å²) in [7, 11) is 2.45. The number of nitrogens with one attached hydrogen (secondary N) is 1. The van der Waals surface area contributed by atoms with Crippen molar-refractivity contribution in [2.75, 3.05) is 31.0 Å². The van der Waals surface area contributed by atoms with E-state index in [0.717, 1.165) is 24.1 Å². The SMILES string of the molecule is COC(=O)c1cc(NC(=O)CN2c3ccc(F)cc3CCC2C)cc(C(=O)OC)c1. The van der Waals surface area contributed by atoms with Crippen LogP contribution in [0, 0.1) is 5.82 Å². The molecule has 0 aliphatic carbocycles. The normalized spacial score (nSPS) is 15.2. The van der Waals surface area contributed by atoms with E-state index in [9.17, 15) is 18.8 Å². The molecule has 0 saturated heterocycles. The Morgan fingerprint density at radius 3 is 2.30 bits per heavy atom. The molecule has 1 amide bonds. The first-order chi connectivity index (χ1) is 14.3. The van der Waals surface area contributed by atoms with Gasteiger partial charge in [-0.25, -0.2) is 14.0 Å². The molecule has 2 aromatic rings. The molecule has 1 atom stereocenters. The summed E-state index contributed by atoms with van der Waals surface area (Å²) in [5.74, 6) is -1.92. The van der Waals surface area contributed by atoms with Crippen LogP contribution in [0.25, 0.3) is 0 Å². The number of hydrogen-bond donors (Lipinski definition) is 1. The highest BCUT2D eigenvalue weighted by atomic mass is 19.1. The number of amides is 1. The molecule has 1 heterocycles. The maximum atomic E-state index is 13.6. The largest absolute Gasteiger partial charge is 0.465 e. The Labute approximate surface area is 173 Å². The quantitative estimate of drug-likeness (QED) is 0.757. The van der Waals surface area contributed by atoms with Crippen LogP contribution in [0.1, 0.15) is 39.6 Å². The monoisotopic (exact) mass is 414 g/mol. The van der Waals surface area contributed by atoms with Crippen molar-refractivity contribution in [3.63, 3.8) is 0 Å². The highest BCUT2D eigenvalue weighted by Gasteiger charge is 2.25. The molecule has 3 rings (SSSR count). The Kier molecular flexibility index (Phi) is 6.34. The van der Waals surface area contributed by atoms with E-state index in [1.165, 1.54) is 44.6 Å². The summed E-state index contributed by atoms with van der Waals surface area (Å²) in [6, 6.07) is 8.85. The molecule has 0 fully saturated rings. The van der Waals surface area contributed by atoms with E-state index in [0.29, 0.717) is 0 Å². The maximum absolute atomic E-state index is 13.6. The molecule has 0 bridgehead atoms. The lowest BCUT2D eigenvalue weighted by atomic mass is 9.96. The van der Waals surface area contributed by atoms with E-state index in [1.807, 2.05) is 11.8 Å². The molecule has 2 aromatic carbocycles. The van der Waals surface area contributed by atoms with E-state index in [-0.39, 0.29) is 41.1 Å². The number of fused-ring (bicyclic) bond motifs is 1. The summed E-state index contributed by atoms with van der Waals surface area (Å²) in [6.07, 6.45) is 1.55. The molecule has 0 radical (unpaired) electrons. The molecule has 0 aromatic heterocycles. The smallest absolute Gasteiger partial charge is 0.337 e. The van der Waals surface area contributed by atoms with Gasteiger partial charge < -0.3 is 19.7 Å². The molecular formula is C22H23FN2O5. The van der Waals surface area contributed by atoms with Crippen LogP contribution in [0.4, 0.5) is 15.8 Å². The zero-order valence-electron chi connectivity index (χ0n) is 17.0. The molecule has 1 aliphatic heterocycles. The number of carbonyl (C=O) groups excluding carboxylic acids is 3. The Morgan fingerprint density at radius 1 is 1.07 bits per heavy atom. The van der Waals surface area contributed by atoms with Crippen molar-refractivity contribution in [3.8, 4) is 0 Å². The van der Waals surface area contributed by atoms with Crippen molar-refractivity contribution in [1.29, 1.82) is 0 Å². The number of methoxy groups -OCH3 is 2. The van der Waals surface area contributed by atoms with Gasteiger partial charge in [0.05, 0.1) is 31.9 Å². The lowest BCUT2D eigenvalue weighted by molar-refractivity contribution is -0.115. The fraction of sp³-hybridized carbons (Fsp3) is 0.318. The Balaban J connectivity index is 1.82. The third-order valence-corrected chi connectivity index (χ3v) is 5.09. The van der Waals surface area contributed by atoms with Gasteiger partial charge >= 0.3 is 11.9 Å². The lowest BCUT2D eigenvalue weighted by Gasteiger charge is -2.36. The minimum Gasteiger partial charge on any atom is -0.465 e. The fourth-order valence-electron chi connectivity index (χ4n) is 3.56. The Morgan fingerprint density at radius 2 is 1.70 bits per heavy atom. The van der Waals surface area contributed by atoms with Gasteiger partial charge in [-0.2, -0.15) is 0 Å². The fourth-order valence-corrected chi connectivity index (χ4v) is 3.56. The first kappa shape index (κ1) is 21.3. The van der Waals surface area contributed by atoms with Crippen LogP contribution in [0.3, 0.4) is 0 Å². The van der Waals surface area contributed by atoms with Crippen LogP contribution in [-0.4, -0.2) is 44.7 Å². The lowest BCUT2D eigenvalue weighted by Crippen LogP contribution is -2.42. The highest BCUT2D eigenvalue weighted by Crippen LogP contribution is 2.31.